The highest BCUT2D eigenvalue weighted by molar-refractivity contribution is 6.01. The molecule has 0 saturated heterocycles. The van der Waals surface area contributed by atoms with Crippen LogP contribution in [0.3, 0.4) is 0 Å². The molecular weight excluding hydrogens is 442 g/mol. The molecule has 1 unspecified atom stereocenters. The largest absolute Gasteiger partial charge is 0.418 e. The fourth-order valence-electron chi connectivity index (χ4n) is 3.05. The molecule has 0 bridgehead atoms. The topological polar surface area (TPSA) is 169 Å². The van der Waals surface area contributed by atoms with Gasteiger partial charge in [-0.2, -0.15) is 5.10 Å². The standard InChI is InChI=1S/C21H25N9O4/c1-12(10-31)5-25-19(32)17-16(9-26-30(17)2)29-21(33)34-20-18(27-14-6-22-11-23-7-14)24-8-15(28-20)13-3-4-13/h6-9,11-13,31H,3-5,10H2,1-2H3,(H,24,27)(H,25,32)(H,29,33). The molecule has 1 saturated carbocycles. The lowest BCUT2D eigenvalue weighted by molar-refractivity contribution is 0.0934. The first kappa shape index (κ1) is 23.0. The number of carbonyl (C=O) groups is 2. The minimum atomic E-state index is -0.861. The number of aromatic nitrogens is 6. The van der Waals surface area contributed by atoms with Crippen LogP contribution in [0.1, 0.15) is 41.9 Å². The number of hydrogen-bond donors (Lipinski definition) is 4. The second kappa shape index (κ2) is 10.2. The number of rotatable bonds is 9. The molecular formula is C21H25N9O4. The molecule has 1 fully saturated rings. The maximum absolute atomic E-state index is 12.7. The number of amides is 2. The SMILES string of the molecule is CC(CO)CNC(=O)c1c(NC(=O)Oc2nc(C3CC3)cnc2Nc2cncnc2)cnn1C. The van der Waals surface area contributed by atoms with Crippen molar-refractivity contribution in [1.82, 2.24) is 35.0 Å². The van der Waals surface area contributed by atoms with Crippen molar-refractivity contribution in [3.05, 3.63) is 42.5 Å². The number of nitrogens with one attached hydrogen (secondary N) is 3. The molecule has 3 heterocycles. The molecule has 34 heavy (non-hydrogen) atoms. The van der Waals surface area contributed by atoms with Gasteiger partial charge in [-0.25, -0.2) is 24.7 Å². The minimum Gasteiger partial charge on any atom is -0.396 e. The molecule has 0 spiro atoms. The molecule has 0 radical (unpaired) electrons. The molecule has 2 amide bonds. The van der Waals surface area contributed by atoms with Gasteiger partial charge in [-0.3, -0.25) is 14.8 Å². The van der Waals surface area contributed by atoms with E-state index in [0.29, 0.717) is 11.6 Å². The van der Waals surface area contributed by atoms with Crippen LogP contribution in [-0.4, -0.2) is 60.0 Å². The summed E-state index contributed by atoms with van der Waals surface area (Å²) in [5.74, 6) is -0.0646. The minimum absolute atomic E-state index is 0.0163. The smallest absolute Gasteiger partial charge is 0.396 e. The molecule has 13 heteroatoms. The first-order valence-electron chi connectivity index (χ1n) is 10.7. The van der Waals surface area contributed by atoms with Gasteiger partial charge in [-0.1, -0.05) is 6.92 Å². The van der Waals surface area contributed by atoms with Gasteiger partial charge < -0.3 is 20.5 Å². The number of anilines is 3. The van der Waals surface area contributed by atoms with Crippen LogP contribution >= 0.6 is 0 Å². The van der Waals surface area contributed by atoms with E-state index in [-0.39, 0.29) is 42.1 Å². The third-order valence-corrected chi connectivity index (χ3v) is 5.08. The van der Waals surface area contributed by atoms with Gasteiger partial charge in [0.1, 0.15) is 12.0 Å². The highest BCUT2D eigenvalue weighted by atomic mass is 16.6. The highest BCUT2D eigenvalue weighted by Crippen LogP contribution is 2.40. The summed E-state index contributed by atoms with van der Waals surface area (Å²) in [6, 6.07) is 0. The predicted molar refractivity (Wildman–Crippen MR) is 121 cm³/mol. The van der Waals surface area contributed by atoms with Crippen molar-refractivity contribution < 1.29 is 19.4 Å². The van der Waals surface area contributed by atoms with Gasteiger partial charge in [0.25, 0.3) is 11.8 Å². The number of ether oxygens (including phenoxy) is 1. The third-order valence-electron chi connectivity index (χ3n) is 5.08. The normalized spacial score (nSPS) is 13.7. The molecule has 0 aliphatic heterocycles. The molecule has 3 aromatic heterocycles. The Labute approximate surface area is 195 Å². The molecule has 1 atom stereocenters. The van der Waals surface area contributed by atoms with Crippen LogP contribution in [0.4, 0.5) is 22.0 Å². The Morgan fingerprint density at radius 3 is 2.71 bits per heavy atom. The summed E-state index contributed by atoms with van der Waals surface area (Å²) in [5.41, 5.74) is 1.58. The second-order valence-electron chi connectivity index (χ2n) is 8.02. The van der Waals surface area contributed by atoms with Crippen molar-refractivity contribution in [3.63, 3.8) is 0 Å². The fourth-order valence-corrected chi connectivity index (χ4v) is 3.05. The van der Waals surface area contributed by atoms with Gasteiger partial charge >= 0.3 is 6.09 Å². The maximum Gasteiger partial charge on any atom is 0.418 e. The van der Waals surface area contributed by atoms with E-state index in [9.17, 15) is 9.59 Å². The van der Waals surface area contributed by atoms with Crippen molar-refractivity contribution in [2.75, 3.05) is 23.8 Å². The van der Waals surface area contributed by atoms with Crippen LogP contribution in [0.25, 0.3) is 0 Å². The quantitative estimate of drug-likeness (QED) is 0.362. The van der Waals surface area contributed by atoms with Gasteiger partial charge in [0, 0.05) is 26.1 Å². The first-order valence-corrected chi connectivity index (χ1v) is 10.7. The summed E-state index contributed by atoms with van der Waals surface area (Å²) < 4.78 is 6.81. The van der Waals surface area contributed by atoms with E-state index in [4.69, 9.17) is 9.84 Å². The lowest BCUT2D eigenvalue weighted by Crippen LogP contribution is -2.32. The molecule has 1 aliphatic carbocycles. The number of aliphatic hydroxyl groups excluding tert-OH is 1. The number of hydrogen-bond acceptors (Lipinski definition) is 10. The Bertz CT molecular complexity index is 1160. The van der Waals surface area contributed by atoms with E-state index < -0.39 is 12.0 Å². The van der Waals surface area contributed by atoms with E-state index in [0.717, 1.165) is 18.5 Å². The second-order valence-corrected chi connectivity index (χ2v) is 8.02. The predicted octanol–water partition coefficient (Wildman–Crippen LogP) is 1.59. The van der Waals surface area contributed by atoms with Crippen molar-refractivity contribution in [2.45, 2.75) is 25.7 Å². The average Bonchev–Trinajstić information content (AvgIpc) is 3.62. The van der Waals surface area contributed by atoms with Crippen molar-refractivity contribution in [2.24, 2.45) is 13.0 Å². The maximum atomic E-state index is 12.7. The number of aryl methyl sites for hydroxylation is 1. The van der Waals surface area contributed by atoms with E-state index >= 15 is 0 Å². The molecule has 4 rings (SSSR count). The lowest BCUT2D eigenvalue weighted by Gasteiger charge is -2.13. The van der Waals surface area contributed by atoms with Crippen LogP contribution in [0, 0.1) is 5.92 Å². The Morgan fingerprint density at radius 2 is 2.00 bits per heavy atom. The first-order chi connectivity index (χ1) is 16.4. The Hall–Kier alpha value is -4.13. The van der Waals surface area contributed by atoms with Crippen LogP contribution in [0.2, 0.25) is 0 Å². The van der Waals surface area contributed by atoms with E-state index in [1.807, 2.05) is 0 Å². The summed E-state index contributed by atoms with van der Waals surface area (Å²) in [6.45, 7) is 2.01. The zero-order chi connectivity index (χ0) is 24.1. The monoisotopic (exact) mass is 467 g/mol. The highest BCUT2D eigenvalue weighted by Gasteiger charge is 2.27. The van der Waals surface area contributed by atoms with E-state index in [1.165, 1.54) is 17.2 Å². The molecule has 3 aromatic rings. The molecule has 178 valence electrons. The molecule has 4 N–H and O–H groups in total. The Kier molecular flexibility index (Phi) is 6.92. The van der Waals surface area contributed by atoms with Crippen molar-refractivity contribution in [1.29, 1.82) is 0 Å². The van der Waals surface area contributed by atoms with Gasteiger partial charge in [-0.15, -0.1) is 0 Å². The van der Waals surface area contributed by atoms with Gasteiger partial charge in [0.15, 0.2) is 5.82 Å². The number of carbonyl (C=O) groups excluding carboxylic acids is 2. The van der Waals surface area contributed by atoms with E-state index in [1.54, 1.807) is 32.6 Å². The molecule has 13 nitrogen and oxygen atoms in total. The Morgan fingerprint density at radius 1 is 1.24 bits per heavy atom. The van der Waals surface area contributed by atoms with Crippen LogP contribution < -0.4 is 20.7 Å². The van der Waals surface area contributed by atoms with Gasteiger partial charge in [0.2, 0.25) is 0 Å². The fraction of sp³-hybridized carbons (Fsp3) is 0.381. The Balaban J connectivity index is 1.50. The summed E-state index contributed by atoms with van der Waals surface area (Å²) >= 11 is 0. The average molecular weight is 467 g/mol. The van der Waals surface area contributed by atoms with Crippen LogP contribution in [0.5, 0.6) is 5.88 Å². The summed E-state index contributed by atoms with van der Waals surface area (Å²) in [7, 11) is 1.58. The third kappa shape index (κ3) is 5.61. The molecule has 0 aromatic carbocycles. The number of nitrogens with zero attached hydrogens (tertiary/aromatic N) is 6. The summed E-state index contributed by atoms with van der Waals surface area (Å²) in [4.78, 5) is 42.0. The van der Waals surface area contributed by atoms with Gasteiger partial charge in [0.05, 0.1) is 41.9 Å². The van der Waals surface area contributed by atoms with Crippen LogP contribution in [0.15, 0.2) is 31.1 Å². The zero-order valence-corrected chi connectivity index (χ0v) is 18.7. The van der Waals surface area contributed by atoms with Gasteiger partial charge in [-0.05, 0) is 18.8 Å². The van der Waals surface area contributed by atoms with Crippen molar-refractivity contribution in [3.8, 4) is 5.88 Å². The van der Waals surface area contributed by atoms with Crippen LogP contribution in [-0.2, 0) is 7.05 Å². The molecule has 1 aliphatic rings. The van der Waals surface area contributed by atoms with E-state index in [2.05, 4.69) is 41.0 Å². The number of aliphatic hydroxyl groups is 1. The lowest BCUT2D eigenvalue weighted by atomic mass is 10.2. The van der Waals surface area contributed by atoms with Crippen molar-refractivity contribution >= 4 is 29.2 Å². The summed E-state index contributed by atoms with van der Waals surface area (Å²) in [5, 5.41) is 21.4. The zero-order valence-electron chi connectivity index (χ0n) is 18.7. The summed E-state index contributed by atoms with van der Waals surface area (Å²) in [6.07, 6.45) is 8.62.